The molecule has 1 aliphatic heterocycles. The van der Waals surface area contributed by atoms with Gasteiger partial charge in [-0.05, 0) is 42.3 Å². The van der Waals surface area contributed by atoms with Crippen molar-refractivity contribution >= 4 is 16.7 Å². The second-order valence-corrected chi connectivity index (χ2v) is 6.74. The van der Waals surface area contributed by atoms with Crippen LogP contribution in [0.3, 0.4) is 0 Å². The second kappa shape index (κ2) is 5.74. The number of nitrogens with one attached hydrogen (secondary N) is 1. The minimum Gasteiger partial charge on any atom is -0.287 e. The standard InChI is InChI=1S/C18H16F3N3O/c1-17(2)9-15(25)23-24(17)16(18(19,20)21)12-7-11-5-3-4-6-14(11)13(8-12)10-22/h3-8,16H,9H2,1-2H3,(H,23,25). The lowest BCUT2D eigenvalue weighted by atomic mass is 9.93. The summed E-state index contributed by atoms with van der Waals surface area (Å²) in [5.74, 6) is -0.458. The summed E-state index contributed by atoms with van der Waals surface area (Å²) < 4.78 is 41.7. The van der Waals surface area contributed by atoms with Gasteiger partial charge in [-0.15, -0.1) is 0 Å². The number of carbonyl (C=O) groups excluding carboxylic acids is 1. The van der Waals surface area contributed by atoms with Crippen molar-refractivity contribution in [3.8, 4) is 6.07 Å². The molecule has 0 aromatic heterocycles. The molecule has 3 rings (SSSR count). The van der Waals surface area contributed by atoms with E-state index >= 15 is 0 Å². The van der Waals surface area contributed by atoms with E-state index in [2.05, 4.69) is 5.43 Å². The van der Waals surface area contributed by atoms with E-state index in [0.29, 0.717) is 10.8 Å². The molecular formula is C18H16F3N3O. The van der Waals surface area contributed by atoms with Crippen molar-refractivity contribution in [3.05, 3.63) is 47.5 Å². The van der Waals surface area contributed by atoms with Crippen LogP contribution in [0.2, 0.25) is 0 Å². The fourth-order valence-electron chi connectivity index (χ4n) is 3.29. The number of fused-ring (bicyclic) bond motifs is 1. The molecular weight excluding hydrogens is 331 g/mol. The van der Waals surface area contributed by atoms with Crippen LogP contribution in [-0.4, -0.2) is 22.6 Å². The smallest absolute Gasteiger partial charge is 0.287 e. The van der Waals surface area contributed by atoms with Crippen LogP contribution in [0, 0.1) is 11.3 Å². The number of nitrogens with zero attached hydrogens (tertiary/aromatic N) is 2. The largest absolute Gasteiger partial charge is 0.409 e. The number of nitriles is 1. The van der Waals surface area contributed by atoms with Crippen LogP contribution in [0.1, 0.15) is 37.4 Å². The van der Waals surface area contributed by atoms with Crippen LogP contribution in [-0.2, 0) is 4.79 Å². The molecule has 1 atom stereocenters. The molecule has 1 N–H and O–H groups in total. The van der Waals surface area contributed by atoms with Gasteiger partial charge in [-0.3, -0.25) is 10.2 Å². The lowest BCUT2D eigenvalue weighted by molar-refractivity contribution is -0.203. The monoisotopic (exact) mass is 347 g/mol. The molecule has 0 aliphatic carbocycles. The van der Waals surface area contributed by atoms with E-state index in [1.165, 1.54) is 12.1 Å². The second-order valence-electron chi connectivity index (χ2n) is 6.74. The molecule has 0 radical (unpaired) electrons. The highest BCUT2D eigenvalue weighted by Gasteiger charge is 2.53. The lowest BCUT2D eigenvalue weighted by Crippen LogP contribution is -2.51. The lowest BCUT2D eigenvalue weighted by Gasteiger charge is -2.38. The zero-order valence-electron chi connectivity index (χ0n) is 13.7. The Morgan fingerprint density at radius 2 is 1.96 bits per heavy atom. The Labute approximate surface area is 142 Å². The number of hydrogen-bond donors (Lipinski definition) is 1. The summed E-state index contributed by atoms with van der Waals surface area (Å²) in [6, 6.07) is 9.40. The molecule has 0 saturated carbocycles. The van der Waals surface area contributed by atoms with Crippen molar-refractivity contribution < 1.29 is 18.0 Å². The number of benzene rings is 2. The number of carbonyl (C=O) groups is 1. The van der Waals surface area contributed by atoms with Crippen LogP contribution in [0.25, 0.3) is 10.8 Å². The maximum atomic E-state index is 13.9. The SMILES string of the molecule is CC1(C)CC(=O)NN1C(c1cc(C#N)c2ccccc2c1)C(F)(F)F. The quantitative estimate of drug-likeness (QED) is 0.898. The van der Waals surface area contributed by atoms with Gasteiger partial charge >= 0.3 is 6.18 Å². The Morgan fingerprint density at radius 3 is 2.52 bits per heavy atom. The van der Waals surface area contributed by atoms with E-state index in [1.807, 2.05) is 6.07 Å². The number of hydrogen-bond acceptors (Lipinski definition) is 3. The highest BCUT2D eigenvalue weighted by atomic mass is 19.4. The Kier molecular flexibility index (Phi) is 3.96. The number of hydrazine groups is 1. The fraction of sp³-hybridized carbons (Fsp3) is 0.333. The van der Waals surface area contributed by atoms with E-state index in [0.717, 1.165) is 5.01 Å². The van der Waals surface area contributed by atoms with Crippen molar-refractivity contribution in [2.75, 3.05) is 0 Å². The summed E-state index contributed by atoms with van der Waals surface area (Å²) in [5.41, 5.74) is 1.42. The van der Waals surface area contributed by atoms with Gasteiger partial charge in [0.2, 0.25) is 5.91 Å². The molecule has 130 valence electrons. The Bertz CT molecular complexity index is 883. The Hall–Kier alpha value is -2.59. The molecule has 4 nitrogen and oxygen atoms in total. The van der Waals surface area contributed by atoms with Gasteiger partial charge in [0.05, 0.1) is 11.6 Å². The summed E-state index contributed by atoms with van der Waals surface area (Å²) in [6.07, 6.45) is -4.65. The predicted molar refractivity (Wildman–Crippen MR) is 86.1 cm³/mol. The van der Waals surface area contributed by atoms with Gasteiger partial charge in [-0.1, -0.05) is 24.3 Å². The van der Waals surface area contributed by atoms with Gasteiger partial charge in [-0.2, -0.15) is 23.4 Å². The highest BCUT2D eigenvalue weighted by molar-refractivity contribution is 5.88. The molecule has 1 heterocycles. The summed E-state index contributed by atoms with van der Waals surface area (Å²) >= 11 is 0. The molecule has 1 amide bonds. The predicted octanol–water partition coefficient (Wildman–Crippen LogP) is 3.83. The maximum absolute atomic E-state index is 13.9. The fourth-order valence-corrected chi connectivity index (χ4v) is 3.29. The number of halogens is 3. The number of amides is 1. The topological polar surface area (TPSA) is 56.1 Å². The van der Waals surface area contributed by atoms with Crippen LogP contribution < -0.4 is 5.43 Å². The third-order valence-corrected chi connectivity index (χ3v) is 4.38. The zero-order chi connectivity index (χ0) is 18.4. The van der Waals surface area contributed by atoms with Gasteiger partial charge in [0, 0.05) is 12.0 Å². The molecule has 7 heteroatoms. The molecule has 1 saturated heterocycles. The van der Waals surface area contributed by atoms with Crippen molar-refractivity contribution in [2.45, 2.75) is 38.0 Å². The molecule has 25 heavy (non-hydrogen) atoms. The third kappa shape index (κ3) is 3.05. The maximum Gasteiger partial charge on any atom is 0.409 e. The summed E-state index contributed by atoms with van der Waals surface area (Å²) in [7, 11) is 0. The van der Waals surface area contributed by atoms with E-state index in [-0.39, 0.29) is 17.5 Å². The minimum atomic E-state index is -4.62. The van der Waals surface area contributed by atoms with Gasteiger partial charge in [0.25, 0.3) is 0 Å². The van der Waals surface area contributed by atoms with Crippen molar-refractivity contribution in [2.24, 2.45) is 0 Å². The van der Waals surface area contributed by atoms with E-state index in [9.17, 15) is 23.2 Å². The zero-order valence-corrected chi connectivity index (χ0v) is 13.7. The van der Waals surface area contributed by atoms with Gasteiger partial charge in [0.1, 0.15) is 0 Å². The number of alkyl halides is 3. The van der Waals surface area contributed by atoms with Crippen molar-refractivity contribution in [1.82, 2.24) is 10.4 Å². The molecule has 0 bridgehead atoms. The van der Waals surface area contributed by atoms with E-state index < -0.39 is 23.7 Å². The van der Waals surface area contributed by atoms with Gasteiger partial charge < -0.3 is 0 Å². The molecule has 2 aromatic rings. The van der Waals surface area contributed by atoms with Crippen LogP contribution >= 0.6 is 0 Å². The first-order valence-electron chi connectivity index (χ1n) is 7.72. The summed E-state index contributed by atoms with van der Waals surface area (Å²) in [6.45, 7) is 3.16. The van der Waals surface area contributed by atoms with Gasteiger partial charge in [-0.25, -0.2) is 0 Å². The average molecular weight is 347 g/mol. The van der Waals surface area contributed by atoms with Gasteiger partial charge in [0.15, 0.2) is 6.04 Å². The summed E-state index contributed by atoms with van der Waals surface area (Å²) in [5, 5.41) is 11.4. The van der Waals surface area contributed by atoms with Crippen molar-refractivity contribution in [3.63, 3.8) is 0 Å². The van der Waals surface area contributed by atoms with E-state index in [1.54, 1.807) is 38.1 Å². The summed E-state index contributed by atoms with van der Waals surface area (Å²) in [4.78, 5) is 11.7. The van der Waals surface area contributed by atoms with Crippen LogP contribution in [0.15, 0.2) is 36.4 Å². The minimum absolute atomic E-state index is 0.0295. The van der Waals surface area contributed by atoms with Crippen LogP contribution in [0.5, 0.6) is 0 Å². The van der Waals surface area contributed by atoms with Crippen LogP contribution in [0.4, 0.5) is 13.2 Å². The molecule has 1 fully saturated rings. The molecule has 1 unspecified atom stereocenters. The molecule has 0 spiro atoms. The first kappa shape index (κ1) is 17.2. The van der Waals surface area contributed by atoms with E-state index in [4.69, 9.17) is 0 Å². The Balaban J connectivity index is 2.20. The Morgan fingerprint density at radius 1 is 1.28 bits per heavy atom. The molecule has 1 aliphatic rings. The molecule has 2 aromatic carbocycles. The normalized spacial score (nSPS) is 18.8. The highest BCUT2D eigenvalue weighted by Crippen LogP contribution is 2.43. The third-order valence-electron chi connectivity index (χ3n) is 4.38. The number of rotatable bonds is 2. The first-order chi connectivity index (χ1) is 11.6. The average Bonchev–Trinajstić information content (AvgIpc) is 2.77. The van der Waals surface area contributed by atoms with Crippen molar-refractivity contribution in [1.29, 1.82) is 5.26 Å². The first-order valence-corrected chi connectivity index (χ1v) is 7.72.